The van der Waals surface area contributed by atoms with Crippen LogP contribution >= 0.6 is 0 Å². The summed E-state index contributed by atoms with van der Waals surface area (Å²) in [6.07, 6.45) is -0.00991. The molecule has 5 nitrogen and oxygen atoms in total. The van der Waals surface area contributed by atoms with E-state index in [0.29, 0.717) is 24.3 Å². The van der Waals surface area contributed by atoms with Gasteiger partial charge in [0.15, 0.2) is 5.78 Å². The highest BCUT2D eigenvalue weighted by Crippen LogP contribution is 2.18. The number of carbonyl (C=O) groups is 2. The highest BCUT2D eigenvalue weighted by atomic mass is 19.1. The molecule has 2 rings (SSSR count). The lowest BCUT2D eigenvalue weighted by Crippen LogP contribution is -2.49. The fourth-order valence-corrected chi connectivity index (χ4v) is 2.63. The second-order valence-electron chi connectivity index (χ2n) is 5.66. The van der Waals surface area contributed by atoms with E-state index in [-0.39, 0.29) is 30.4 Å². The number of nitrogens with zero attached hydrogens (tertiary/aromatic N) is 1. The van der Waals surface area contributed by atoms with Gasteiger partial charge >= 0.3 is 0 Å². The molecule has 0 spiro atoms. The normalized spacial score (nSPS) is 21.5. The number of hydrogen-bond donors (Lipinski definition) is 1. The zero-order valence-electron chi connectivity index (χ0n) is 13.1. The van der Waals surface area contributed by atoms with Crippen molar-refractivity contribution in [1.82, 2.24) is 4.90 Å². The smallest absolute Gasteiger partial charge is 0.242 e. The van der Waals surface area contributed by atoms with Gasteiger partial charge in [-0.3, -0.25) is 9.59 Å². The zero-order valence-corrected chi connectivity index (χ0v) is 13.1. The Kier molecular flexibility index (Phi) is 5.13. The molecule has 1 fully saturated rings. The van der Waals surface area contributed by atoms with E-state index in [0.717, 1.165) is 0 Å². The SMILES string of the molecule is CC(=O)c1ccc(F)cc1NCC(=O)N1CC(C)OC(C)C1. The van der Waals surface area contributed by atoms with Crippen LogP contribution in [0.4, 0.5) is 10.1 Å². The first kappa shape index (κ1) is 16.4. The molecule has 0 radical (unpaired) electrons. The lowest BCUT2D eigenvalue weighted by Gasteiger charge is -2.35. The standard InChI is InChI=1S/C16H21FN2O3/c1-10-8-19(9-11(2)22-10)16(21)7-18-15-6-13(17)4-5-14(15)12(3)20/h4-6,10-11,18H,7-9H2,1-3H3. The minimum atomic E-state index is -0.450. The average molecular weight is 308 g/mol. The molecular weight excluding hydrogens is 287 g/mol. The number of rotatable bonds is 4. The van der Waals surface area contributed by atoms with Crippen LogP contribution in [0, 0.1) is 5.82 Å². The summed E-state index contributed by atoms with van der Waals surface area (Å²) in [5.74, 6) is -0.724. The van der Waals surface area contributed by atoms with E-state index in [9.17, 15) is 14.0 Å². The first-order valence-corrected chi connectivity index (χ1v) is 7.34. The molecule has 1 aliphatic rings. The monoisotopic (exact) mass is 308 g/mol. The largest absolute Gasteiger partial charge is 0.375 e. The lowest BCUT2D eigenvalue weighted by atomic mass is 10.1. The molecule has 1 saturated heterocycles. The topological polar surface area (TPSA) is 58.6 Å². The van der Waals surface area contributed by atoms with Crippen LogP contribution in [-0.4, -0.2) is 48.4 Å². The van der Waals surface area contributed by atoms with Crippen molar-refractivity contribution < 1.29 is 18.7 Å². The quantitative estimate of drug-likeness (QED) is 0.865. The first-order chi connectivity index (χ1) is 10.4. The van der Waals surface area contributed by atoms with Gasteiger partial charge in [-0.25, -0.2) is 4.39 Å². The fourth-order valence-electron chi connectivity index (χ4n) is 2.63. The number of ketones is 1. The molecule has 1 amide bonds. The second-order valence-corrected chi connectivity index (χ2v) is 5.66. The number of carbonyl (C=O) groups excluding carboxylic acids is 2. The minimum absolute atomic E-state index is 0.00495. The van der Waals surface area contributed by atoms with Crippen LogP contribution in [0.25, 0.3) is 0 Å². The Morgan fingerprint density at radius 3 is 2.55 bits per heavy atom. The highest BCUT2D eigenvalue weighted by Gasteiger charge is 2.25. The molecule has 1 N–H and O–H groups in total. The zero-order chi connectivity index (χ0) is 16.3. The van der Waals surface area contributed by atoms with Crippen LogP contribution in [0.1, 0.15) is 31.1 Å². The predicted octanol–water partition coefficient (Wildman–Crippen LogP) is 2.08. The Morgan fingerprint density at radius 1 is 1.32 bits per heavy atom. The van der Waals surface area contributed by atoms with Crippen LogP contribution in [-0.2, 0) is 9.53 Å². The number of ether oxygens (including phenoxy) is 1. The van der Waals surface area contributed by atoms with Crippen molar-refractivity contribution >= 4 is 17.4 Å². The third kappa shape index (κ3) is 4.04. The van der Waals surface area contributed by atoms with Crippen molar-refractivity contribution in [2.45, 2.75) is 33.0 Å². The van der Waals surface area contributed by atoms with Crippen LogP contribution in [0.2, 0.25) is 0 Å². The molecule has 0 aromatic heterocycles. The lowest BCUT2D eigenvalue weighted by molar-refractivity contribution is -0.141. The van der Waals surface area contributed by atoms with Crippen molar-refractivity contribution in [2.24, 2.45) is 0 Å². The number of halogens is 1. The third-order valence-corrected chi connectivity index (χ3v) is 3.56. The van der Waals surface area contributed by atoms with Crippen molar-refractivity contribution in [3.05, 3.63) is 29.6 Å². The first-order valence-electron chi connectivity index (χ1n) is 7.34. The van der Waals surface area contributed by atoms with Crippen molar-refractivity contribution in [3.8, 4) is 0 Å². The number of anilines is 1. The summed E-state index contributed by atoms with van der Waals surface area (Å²) in [5.41, 5.74) is 0.716. The molecule has 1 aromatic carbocycles. The van der Waals surface area contributed by atoms with E-state index in [1.807, 2.05) is 13.8 Å². The summed E-state index contributed by atoms with van der Waals surface area (Å²) in [5, 5.41) is 2.87. The van der Waals surface area contributed by atoms with Gasteiger partial charge in [0.25, 0.3) is 0 Å². The molecule has 0 aliphatic carbocycles. The van der Waals surface area contributed by atoms with Crippen LogP contribution < -0.4 is 5.32 Å². The number of nitrogens with one attached hydrogen (secondary N) is 1. The second kappa shape index (κ2) is 6.87. The molecule has 6 heteroatoms. The molecule has 0 saturated carbocycles. The maximum atomic E-state index is 13.3. The van der Waals surface area contributed by atoms with Crippen LogP contribution in [0.3, 0.4) is 0 Å². The Bertz CT molecular complexity index is 567. The van der Waals surface area contributed by atoms with Crippen LogP contribution in [0.15, 0.2) is 18.2 Å². The number of hydrogen-bond acceptors (Lipinski definition) is 4. The third-order valence-electron chi connectivity index (χ3n) is 3.56. The van der Waals surface area contributed by atoms with E-state index in [1.54, 1.807) is 4.90 Å². The van der Waals surface area contributed by atoms with Gasteiger partial charge < -0.3 is 15.0 Å². The van der Waals surface area contributed by atoms with Gasteiger partial charge in [-0.05, 0) is 39.0 Å². The van der Waals surface area contributed by atoms with E-state index < -0.39 is 5.82 Å². The number of amides is 1. The Morgan fingerprint density at radius 2 is 1.95 bits per heavy atom. The van der Waals surface area contributed by atoms with Gasteiger partial charge in [0.05, 0.1) is 18.8 Å². The molecule has 22 heavy (non-hydrogen) atoms. The van der Waals surface area contributed by atoms with E-state index in [4.69, 9.17) is 4.74 Å². The minimum Gasteiger partial charge on any atom is -0.375 e. The summed E-state index contributed by atoms with van der Waals surface area (Å²) in [6.45, 7) is 6.34. The molecule has 1 heterocycles. The molecule has 120 valence electrons. The summed E-state index contributed by atoms with van der Waals surface area (Å²) in [6, 6.07) is 3.88. The molecule has 2 atom stereocenters. The van der Waals surface area contributed by atoms with Gasteiger partial charge in [-0.1, -0.05) is 0 Å². The van der Waals surface area contributed by atoms with Gasteiger partial charge in [-0.2, -0.15) is 0 Å². The van der Waals surface area contributed by atoms with Gasteiger partial charge in [0.1, 0.15) is 5.82 Å². The highest BCUT2D eigenvalue weighted by molar-refractivity contribution is 6.00. The number of morpholine rings is 1. The van der Waals surface area contributed by atoms with E-state index >= 15 is 0 Å². The maximum Gasteiger partial charge on any atom is 0.242 e. The molecule has 1 aliphatic heterocycles. The Labute approximate surface area is 129 Å². The van der Waals surface area contributed by atoms with Gasteiger partial charge in [-0.15, -0.1) is 0 Å². The van der Waals surface area contributed by atoms with Crippen molar-refractivity contribution in [1.29, 1.82) is 0 Å². The average Bonchev–Trinajstić information content (AvgIpc) is 2.43. The summed E-state index contributed by atoms with van der Waals surface area (Å²) < 4.78 is 18.9. The van der Waals surface area contributed by atoms with Crippen molar-refractivity contribution in [3.63, 3.8) is 0 Å². The fraction of sp³-hybridized carbons (Fsp3) is 0.500. The molecule has 1 aromatic rings. The molecular formula is C16H21FN2O3. The number of Topliss-reactive ketones (excluding diaryl/α,β-unsaturated/α-hetero) is 1. The van der Waals surface area contributed by atoms with Crippen molar-refractivity contribution in [2.75, 3.05) is 25.0 Å². The maximum absolute atomic E-state index is 13.3. The molecule has 0 bridgehead atoms. The van der Waals surface area contributed by atoms with E-state index in [1.165, 1.54) is 25.1 Å². The summed E-state index contributed by atoms with van der Waals surface area (Å²) >= 11 is 0. The van der Waals surface area contributed by atoms with Gasteiger partial charge in [0, 0.05) is 24.3 Å². The molecule has 2 unspecified atom stereocenters. The van der Waals surface area contributed by atoms with E-state index in [2.05, 4.69) is 5.32 Å². The predicted molar refractivity (Wildman–Crippen MR) is 81.5 cm³/mol. The Hall–Kier alpha value is -1.95. The summed E-state index contributed by atoms with van der Waals surface area (Å²) in [7, 11) is 0. The van der Waals surface area contributed by atoms with Gasteiger partial charge in [0.2, 0.25) is 5.91 Å². The van der Waals surface area contributed by atoms with Crippen LogP contribution in [0.5, 0.6) is 0 Å². The summed E-state index contributed by atoms with van der Waals surface area (Å²) in [4.78, 5) is 25.5. The Balaban J connectivity index is 2.02. The number of benzene rings is 1.